The average molecular weight is 195 g/mol. The van der Waals surface area contributed by atoms with Crippen molar-refractivity contribution >= 4 is 5.97 Å². The quantitative estimate of drug-likeness (QED) is 0.688. The van der Waals surface area contributed by atoms with E-state index in [1.807, 2.05) is 0 Å². The highest BCUT2D eigenvalue weighted by Crippen LogP contribution is 2.42. The summed E-state index contributed by atoms with van der Waals surface area (Å²) < 4.78 is 1.61. The molecule has 5 heteroatoms. The molecule has 0 amide bonds. The molecule has 5 nitrogen and oxygen atoms in total. The van der Waals surface area contributed by atoms with E-state index in [-0.39, 0.29) is 6.04 Å². The fraction of sp³-hybridized carbons (Fsp3) is 0.556. The fourth-order valence-electron chi connectivity index (χ4n) is 2.17. The lowest BCUT2D eigenvalue weighted by Gasteiger charge is -2.42. The normalized spacial score (nSPS) is 31.1. The van der Waals surface area contributed by atoms with E-state index < -0.39 is 11.4 Å². The summed E-state index contributed by atoms with van der Waals surface area (Å²) in [5.74, 6) is -0.803. The van der Waals surface area contributed by atoms with Gasteiger partial charge in [0.2, 0.25) is 0 Å². The number of nitrogens with zero attached hydrogens (tertiary/aromatic N) is 2. The standard InChI is InChI=1S/C9H13N3O2/c1-12-7(2-3-11-12)9(8(13)14)4-6(10)5-9/h2-3,6H,4-5,10H2,1H3,(H,13,14). The molecule has 2 rings (SSSR count). The van der Waals surface area contributed by atoms with Gasteiger partial charge in [0.05, 0.1) is 5.69 Å². The monoisotopic (exact) mass is 195 g/mol. The van der Waals surface area contributed by atoms with Crippen LogP contribution in [0.3, 0.4) is 0 Å². The minimum atomic E-state index is -0.803. The summed E-state index contributed by atoms with van der Waals surface area (Å²) in [5, 5.41) is 13.2. The molecule has 0 bridgehead atoms. The smallest absolute Gasteiger partial charge is 0.315 e. The zero-order valence-electron chi connectivity index (χ0n) is 7.97. The number of carboxylic acids is 1. The van der Waals surface area contributed by atoms with Gasteiger partial charge in [-0.2, -0.15) is 5.10 Å². The van der Waals surface area contributed by atoms with Crippen molar-refractivity contribution in [1.29, 1.82) is 0 Å². The molecule has 1 saturated carbocycles. The lowest BCUT2D eigenvalue weighted by Crippen LogP contribution is -2.55. The topological polar surface area (TPSA) is 81.1 Å². The van der Waals surface area contributed by atoms with Crippen molar-refractivity contribution in [1.82, 2.24) is 9.78 Å². The van der Waals surface area contributed by atoms with Gasteiger partial charge in [-0.3, -0.25) is 9.48 Å². The van der Waals surface area contributed by atoms with E-state index in [2.05, 4.69) is 5.10 Å². The van der Waals surface area contributed by atoms with Gasteiger partial charge in [-0.1, -0.05) is 0 Å². The number of nitrogens with two attached hydrogens (primary N) is 1. The molecule has 14 heavy (non-hydrogen) atoms. The SMILES string of the molecule is Cn1nccc1C1(C(=O)O)CC(N)C1. The molecular formula is C9H13N3O2. The van der Waals surface area contributed by atoms with Crippen LogP contribution in [-0.4, -0.2) is 26.9 Å². The number of aryl methyl sites for hydroxylation is 1. The summed E-state index contributed by atoms with van der Waals surface area (Å²) in [7, 11) is 1.75. The maximum absolute atomic E-state index is 11.2. The van der Waals surface area contributed by atoms with Crippen LogP contribution in [0.25, 0.3) is 0 Å². The van der Waals surface area contributed by atoms with Crippen LogP contribution in [0, 0.1) is 0 Å². The predicted octanol–water partition coefficient (Wildman–Crippen LogP) is -0.136. The van der Waals surface area contributed by atoms with E-state index in [4.69, 9.17) is 5.73 Å². The van der Waals surface area contributed by atoms with Crippen molar-refractivity contribution in [2.45, 2.75) is 24.3 Å². The molecule has 1 aromatic rings. The molecule has 0 spiro atoms. The van der Waals surface area contributed by atoms with Crippen LogP contribution >= 0.6 is 0 Å². The predicted molar refractivity (Wildman–Crippen MR) is 49.7 cm³/mol. The van der Waals surface area contributed by atoms with Crippen LogP contribution in [0.1, 0.15) is 18.5 Å². The van der Waals surface area contributed by atoms with Crippen molar-refractivity contribution < 1.29 is 9.90 Å². The van der Waals surface area contributed by atoms with E-state index >= 15 is 0 Å². The number of rotatable bonds is 2. The Balaban J connectivity index is 2.39. The zero-order valence-corrected chi connectivity index (χ0v) is 7.97. The minimum Gasteiger partial charge on any atom is -0.481 e. The Bertz CT molecular complexity index is 366. The number of aliphatic carboxylic acids is 1. The first-order valence-electron chi connectivity index (χ1n) is 4.54. The molecule has 1 aliphatic rings. The first-order valence-corrected chi connectivity index (χ1v) is 4.54. The summed E-state index contributed by atoms with van der Waals surface area (Å²) >= 11 is 0. The van der Waals surface area contributed by atoms with E-state index in [0.717, 1.165) is 5.69 Å². The summed E-state index contributed by atoms with van der Waals surface area (Å²) in [6.45, 7) is 0. The molecule has 1 heterocycles. The van der Waals surface area contributed by atoms with Crippen LogP contribution in [0.2, 0.25) is 0 Å². The van der Waals surface area contributed by atoms with E-state index in [0.29, 0.717) is 12.8 Å². The molecule has 0 saturated heterocycles. The Labute approximate surface area is 81.5 Å². The van der Waals surface area contributed by atoms with Gasteiger partial charge in [0.25, 0.3) is 0 Å². The Hall–Kier alpha value is -1.36. The van der Waals surface area contributed by atoms with Crippen LogP contribution < -0.4 is 5.73 Å². The minimum absolute atomic E-state index is 0.000926. The van der Waals surface area contributed by atoms with Gasteiger partial charge in [-0.25, -0.2) is 0 Å². The van der Waals surface area contributed by atoms with E-state index in [1.54, 1.807) is 24.0 Å². The largest absolute Gasteiger partial charge is 0.481 e. The molecule has 1 fully saturated rings. The van der Waals surface area contributed by atoms with Crippen molar-refractivity contribution in [2.24, 2.45) is 12.8 Å². The van der Waals surface area contributed by atoms with Crippen molar-refractivity contribution in [2.75, 3.05) is 0 Å². The third-order valence-electron chi connectivity index (χ3n) is 2.94. The number of hydrogen-bond acceptors (Lipinski definition) is 3. The molecule has 0 unspecified atom stereocenters. The highest BCUT2D eigenvalue weighted by atomic mass is 16.4. The highest BCUT2D eigenvalue weighted by molar-refractivity contribution is 5.82. The molecule has 0 radical (unpaired) electrons. The van der Waals surface area contributed by atoms with Crippen molar-refractivity contribution in [3.63, 3.8) is 0 Å². The summed E-state index contributed by atoms with van der Waals surface area (Å²) in [6, 6.07) is 1.75. The lowest BCUT2D eigenvalue weighted by atomic mass is 9.63. The summed E-state index contributed by atoms with van der Waals surface area (Å²) in [4.78, 5) is 11.2. The molecule has 0 aromatic carbocycles. The van der Waals surface area contributed by atoms with Gasteiger partial charge < -0.3 is 10.8 Å². The van der Waals surface area contributed by atoms with Gasteiger partial charge in [-0.05, 0) is 18.9 Å². The molecule has 0 aliphatic heterocycles. The van der Waals surface area contributed by atoms with Crippen LogP contribution in [0.4, 0.5) is 0 Å². The number of carbonyl (C=O) groups is 1. The van der Waals surface area contributed by atoms with Gasteiger partial charge in [0.1, 0.15) is 5.41 Å². The molecule has 3 N–H and O–H groups in total. The van der Waals surface area contributed by atoms with Crippen molar-refractivity contribution in [3.8, 4) is 0 Å². The maximum atomic E-state index is 11.2. The average Bonchev–Trinajstić information content (AvgIpc) is 2.45. The molecule has 0 atom stereocenters. The second kappa shape index (κ2) is 2.81. The van der Waals surface area contributed by atoms with Crippen LogP contribution in [0.5, 0.6) is 0 Å². The fourth-order valence-corrected chi connectivity index (χ4v) is 2.17. The number of hydrogen-bond donors (Lipinski definition) is 2. The van der Waals surface area contributed by atoms with Gasteiger partial charge >= 0.3 is 5.97 Å². The molecular weight excluding hydrogens is 182 g/mol. The van der Waals surface area contributed by atoms with E-state index in [1.165, 1.54) is 0 Å². The Morgan fingerprint density at radius 1 is 1.79 bits per heavy atom. The van der Waals surface area contributed by atoms with Gasteiger partial charge in [0.15, 0.2) is 0 Å². The lowest BCUT2D eigenvalue weighted by molar-refractivity contribution is -0.148. The Kier molecular flexibility index (Phi) is 1.85. The number of carboxylic acid groups (broad SMARTS) is 1. The van der Waals surface area contributed by atoms with Gasteiger partial charge in [0, 0.05) is 19.3 Å². The Morgan fingerprint density at radius 2 is 2.43 bits per heavy atom. The van der Waals surface area contributed by atoms with Crippen LogP contribution in [-0.2, 0) is 17.3 Å². The summed E-state index contributed by atoms with van der Waals surface area (Å²) in [6.07, 6.45) is 2.62. The zero-order chi connectivity index (χ0) is 10.3. The van der Waals surface area contributed by atoms with Crippen LogP contribution in [0.15, 0.2) is 12.3 Å². The second-order valence-corrected chi connectivity index (χ2v) is 3.90. The first-order chi connectivity index (χ1) is 6.56. The first kappa shape index (κ1) is 9.21. The number of aromatic nitrogens is 2. The maximum Gasteiger partial charge on any atom is 0.315 e. The molecule has 1 aliphatic carbocycles. The Morgan fingerprint density at radius 3 is 2.79 bits per heavy atom. The second-order valence-electron chi connectivity index (χ2n) is 3.90. The third kappa shape index (κ3) is 1.05. The summed E-state index contributed by atoms with van der Waals surface area (Å²) in [5.41, 5.74) is 5.60. The van der Waals surface area contributed by atoms with E-state index in [9.17, 15) is 9.90 Å². The molecule has 1 aromatic heterocycles. The third-order valence-corrected chi connectivity index (χ3v) is 2.94. The van der Waals surface area contributed by atoms with Crippen molar-refractivity contribution in [3.05, 3.63) is 18.0 Å². The molecule has 76 valence electrons. The highest BCUT2D eigenvalue weighted by Gasteiger charge is 2.52. The van der Waals surface area contributed by atoms with Gasteiger partial charge in [-0.15, -0.1) is 0 Å².